The number of benzene rings is 1. The molecule has 2 heteroatoms. The van der Waals surface area contributed by atoms with Crippen molar-refractivity contribution in [2.24, 2.45) is 0 Å². The van der Waals surface area contributed by atoms with E-state index >= 15 is 0 Å². The monoisotopic (exact) mass is 276 g/mol. The Morgan fingerprint density at radius 2 is 1.45 bits per heavy atom. The highest BCUT2D eigenvalue weighted by Gasteiger charge is 2.05. The summed E-state index contributed by atoms with van der Waals surface area (Å²) in [5.74, 6) is 0. The molecule has 0 unspecified atom stereocenters. The molecular formula is C9H10Br2. The van der Waals surface area contributed by atoms with Gasteiger partial charge < -0.3 is 0 Å². The molecule has 0 heterocycles. The van der Waals surface area contributed by atoms with Crippen molar-refractivity contribution in [2.75, 3.05) is 0 Å². The van der Waals surface area contributed by atoms with E-state index in [1.54, 1.807) is 0 Å². The molecule has 0 nitrogen and oxygen atoms in total. The second kappa shape index (κ2) is 3.28. The number of aryl methyl sites for hydroxylation is 2. The average Bonchev–Trinajstić information content (AvgIpc) is 1.97. The largest absolute Gasteiger partial charge is 0.0549 e. The van der Waals surface area contributed by atoms with Crippen molar-refractivity contribution in [2.45, 2.75) is 20.8 Å². The Morgan fingerprint density at radius 3 is 2.00 bits per heavy atom. The van der Waals surface area contributed by atoms with Gasteiger partial charge in [0.2, 0.25) is 0 Å². The van der Waals surface area contributed by atoms with Crippen molar-refractivity contribution in [3.63, 3.8) is 0 Å². The van der Waals surface area contributed by atoms with Gasteiger partial charge in [0.1, 0.15) is 0 Å². The fourth-order valence-electron chi connectivity index (χ4n) is 1.01. The van der Waals surface area contributed by atoms with Crippen molar-refractivity contribution >= 4 is 31.9 Å². The molecule has 11 heavy (non-hydrogen) atoms. The number of rotatable bonds is 0. The standard InChI is InChI=1S/C9H10Br2/c1-5-4-6(2)8(10)9(11)7(5)3/h4H,1-3H3. The third-order valence-electron chi connectivity index (χ3n) is 1.89. The first-order chi connectivity index (χ1) is 5.04. The van der Waals surface area contributed by atoms with E-state index in [-0.39, 0.29) is 0 Å². The molecule has 0 fully saturated rings. The second-order valence-electron chi connectivity index (χ2n) is 2.76. The SMILES string of the molecule is Cc1cc(C)c(Br)c(Br)c1C. The first-order valence-electron chi connectivity index (χ1n) is 3.46. The molecule has 0 saturated heterocycles. The zero-order chi connectivity index (χ0) is 8.59. The first kappa shape index (κ1) is 9.27. The third kappa shape index (κ3) is 1.67. The smallest absolute Gasteiger partial charge is 0.0351 e. The minimum atomic E-state index is 1.17. The number of hydrogen-bond acceptors (Lipinski definition) is 0. The third-order valence-corrected chi connectivity index (χ3v) is 4.44. The first-order valence-corrected chi connectivity index (χ1v) is 5.04. The summed E-state index contributed by atoms with van der Waals surface area (Å²) in [5, 5.41) is 0. The van der Waals surface area contributed by atoms with Crippen LogP contribution in [0.1, 0.15) is 16.7 Å². The lowest BCUT2D eigenvalue weighted by molar-refractivity contribution is 1.25. The van der Waals surface area contributed by atoms with Crippen LogP contribution in [0.25, 0.3) is 0 Å². The van der Waals surface area contributed by atoms with Gasteiger partial charge in [0, 0.05) is 8.95 Å². The highest BCUT2D eigenvalue weighted by Crippen LogP contribution is 2.31. The fourth-order valence-corrected chi connectivity index (χ4v) is 2.04. The molecule has 0 aliphatic rings. The number of halogens is 2. The molecule has 1 aromatic carbocycles. The van der Waals surface area contributed by atoms with Crippen LogP contribution in [0.4, 0.5) is 0 Å². The molecule has 0 atom stereocenters. The van der Waals surface area contributed by atoms with Gasteiger partial charge in [0.15, 0.2) is 0 Å². The van der Waals surface area contributed by atoms with Gasteiger partial charge in [0.25, 0.3) is 0 Å². The lowest BCUT2D eigenvalue weighted by Gasteiger charge is -2.07. The molecule has 0 bridgehead atoms. The Balaban J connectivity index is 3.46. The Bertz CT molecular complexity index is 264. The lowest BCUT2D eigenvalue weighted by atomic mass is 10.1. The van der Waals surface area contributed by atoms with Gasteiger partial charge in [-0.05, 0) is 69.3 Å². The van der Waals surface area contributed by atoms with Crippen LogP contribution in [0.5, 0.6) is 0 Å². The molecule has 1 rings (SSSR count). The van der Waals surface area contributed by atoms with Crippen LogP contribution in [0.15, 0.2) is 15.0 Å². The van der Waals surface area contributed by atoms with E-state index in [2.05, 4.69) is 58.7 Å². The summed E-state index contributed by atoms with van der Waals surface area (Å²) in [6.07, 6.45) is 0. The normalized spacial score (nSPS) is 10.3. The fraction of sp³-hybridized carbons (Fsp3) is 0.333. The van der Waals surface area contributed by atoms with Crippen molar-refractivity contribution < 1.29 is 0 Å². The highest BCUT2D eigenvalue weighted by molar-refractivity contribution is 9.13. The van der Waals surface area contributed by atoms with Gasteiger partial charge in [0.05, 0.1) is 0 Å². The zero-order valence-electron chi connectivity index (χ0n) is 6.83. The van der Waals surface area contributed by atoms with Crippen LogP contribution < -0.4 is 0 Å². The van der Waals surface area contributed by atoms with Crippen LogP contribution in [-0.2, 0) is 0 Å². The van der Waals surface area contributed by atoms with E-state index in [9.17, 15) is 0 Å². The maximum atomic E-state index is 3.53. The summed E-state index contributed by atoms with van der Waals surface area (Å²) >= 11 is 7.05. The Morgan fingerprint density at radius 1 is 0.909 bits per heavy atom. The molecule has 60 valence electrons. The minimum absolute atomic E-state index is 1.17. The van der Waals surface area contributed by atoms with Gasteiger partial charge in [-0.15, -0.1) is 0 Å². The molecule has 0 radical (unpaired) electrons. The molecule has 0 aliphatic carbocycles. The van der Waals surface area contributed by atoms with Crippen LogP contribution >= 0.6 is 31.9 Å². The van der Waals surface area contributed by atoms with E-state index in [1.807, 2.05) is 0 Å². The number of hydrogen-bond donors (Lipinski definition) is 0. The Kier molecular flexibility index (Phi) is 2.76. The Hall–Kier alpha value is 0.180. The minimum Gasteiger partial charge on any atom is -0.0549 e. The average molecular weight is 278 g/mol. The molecule has 0 saturated carbocycles. The summed E-state index contributed by atoms with van der Waals surface area (Å²) in [6, 6.07) is 2.18. The van der Waals surface area contributed by atoms with Gasteiger partial charge >= 0.3 is 0 Å². The second-order valence-corrected chi connectivity index (χ2v) is 4.35. The molecule has 0 aliphatic heterocycles. The summed E-state index contributed by atoms with van der Waals surface area (Å²) in [6.45, 7) is 6.34. The van der Waals surface area contributed by atoms with E-state index in [1.165, 1.54) is 25.6 Å². The van der Waals surface area contributed by atoms with Gasteiger partial charge in [-0.25, -0.2) is 0 Å². The van der Waals surface area contributed by atoms with Crippen molar-refractivity contribution in [1.29, 1.82) is 0 Å². The summed E-state index contributed by atoms with van der Waals surface area (Å²) < 4.78 is 2.34. The van der Waals surface area contributed by atoms with Crippen LogP contribution in [0.2, 0.25) is 0 Å². The summed E-state index contributed by atoms with van der Waals surface area (Å²) in [4.78, 5) is 0. The highest BCUT2D eigenvalue weighted by atomic mass is 79.9. The lowest BCUT2D eigenvalue weighted by Crippen LogP contribution is -1.87. The van der Waals surface area contributed by atoms with Crippen LogP contribution in [0, 0.1) is 20.8 Å². The van der Waals surface area contributed by atoms with Crippen molar-refractivity contribution in [3.05, 3.63) is 31.7 Å². The van der Waals surface area contributed by atoms with E-state index in [0.29, 0.717) is 0 Å². The molecule has 0 spiro atoms. The van der Waals surface area contributed by atoms with Gasteiger partial charge in [-0.3, -0.25) is 0 Å². The maximum absolute atomic E-state index is 3.53. The molecule has 0 aromatic heterocycles. The van der Waals surface area contributed by atoms with Crippen LogP contribution in [0.3, 0.4) is 0 Å². The van der Waals surface area contributed by atoms with Gasteiger partial charge in [-0.1, -0.05) is 6.07 Å². The topological polar surface area (TPSA) is 0 Å². The van der Waals surface area contributed by atoms with E-state index < -0.39 is 0 Å². The molecule has 0 amide bonds. The Labute approximate surface area is 84.3 Å². The van der Waals surface area contributed by atoms with Crippen molar-refractivity contribution in [3.8, 4) is 0 Å². The predicted octanol–water partition coefficient (Wildman–Crippen LogP) is 4.14. The zero-order valence-corrected chi connectivity index (χ0v) is 10.0. The van der Waals surface area contributed by atoms with E-state index in [4.69, 9.17) is 0 Å². The molecular weight excluding hydrogens is 268 g/mol. The van der Waals surface area contributed by atoms with Crippen LogP contribution in [-0.4, -0.2) is 0 Å². The summed E-state index contributed by atoms with van der Waals surface area (Å²) in [7, 11) is 0. The maximum Gasteiger partial charge on any atom is 0.0351 e. The quantitative estimate of drug-likeness (QED) is 0.669. The molecule has 0 N–H and O–H groups in total. The van der Waals surface area contributed by atoms with Crippen molar-refractivity contribution in [1.82, 2.24) is 0 Å². The molecule has 1 aromatic rings. The predicted molar refractivity (Wildman–Crippen MR) is 56.1 cm³/mol. The summed E-state index contributed by atoms with van der Waals surface area (Å²) in [5.41, 5.74) is 3.92. The van der Waals surface area contributed by atoms with Gasteiger partial charge in [-0.2, -0.15) is 0 Å². The van der Waals surface area contributed by atoms with E-state index in [0.717, 1.165) is 0 Å².